The zero-order valence-corrected chi connectivity index (χ0v) is 20.5. The molecule has 1 aliphatic rings. The molecule has 1 aromatic heterocycles. The molecule has 0 amide bonds. The summed E-state index contributed by atoms with van der Waals surface area (Å²) in [7, 11) is -3.51. The van der Waals surface area contributed by atoms with E-state index in [9.17, 15) is 27.1 Å². The van der Waals surface area contributed by atoms with Gasteiger partial charge in [-0.05, 0) is 67.5 Å². The number of fused-ring (bicyclic) bond motifs is 1. The maximum atomic E-state index is 14.5. The second-order valence-corrected chi connectivity index (χ2v) is 11.6. The van der Waals surface area contributed by atoms with Crippen LogP contribution in [-0.4, -0.2) is 24.9 Å². The van der Waals surface area contributed by atoms with Gasteiger partial charge in [0.05, 0.1) is 16.2 Å². The largest absolute Gasteiger partial charge is 0.423 e. The van der Waals surface area contributed by atoms with Crippen molar-refractivity contribution < 1.29 is 26.7 Å². The van der Waals surface area contributed by atoms with Crippen LogP contribution in [0.3, 0.4) is 0 Å². The van der Waals surface area contributed by atoms with Crippen molar-refractivity contribution in [1.82, 2.24) is 0 Å². The van der Waals surface area contributed by atoms with Gasteiger partial charge in [0.1, 0.15) is 5.58 Å². The van der Waals surface area contributed by atoms with Gasteiger partial charge in [0, 0.05) is 23.4 Å². The molecule has 8 heteroatoms. The van der Waals surface area contributed by atoms with E-state index in [1.807, 2.05) is 0 Å². The normalized spacial score (nSPS) is 19.9. The van der Waals surface area contributed by atoms with Crippen LogP contribution in [0.2, 0.25) is 0 Å². The fraction of sp³-hybridized carbons (Fsp3) is 0.444. The van der Waals surface area contributed by atoms with Crippen LogP contribution in [0.5, 0.6) is 0 Å². The Kier molecular flexibility index (Phi) is 7.43. The summed E-state index contributed by atoms with van der Waals surface area (Å²) in [4.78, 5) is 12.0. The number of aliphatic hydroxyl groups is 1. The third kappa shape index (κ3) is 5.64. The molecule has 0 aliphatic heterocycles. The Bertz CT molecular complexity index is 1350. The molecule has 5 nitrogen and oxygen atoms in total. The van der Waals surface area contributed by atoms with E-state index in [1.54, 1.807) is 36.4 Å². The zero-order valence-electron chi connectivity index (χ0n) is 19.7. The molecule has 35 heavy (non-hydrogen) atoms. The molecule has 0 saturated heterocycles. The van der Waals surface area contributed by atoms with Gasteiger partial charge in [-0.15, -0.1) is 0 Å². The first-order valence-corrected chi connectivity index (χ1v) is 13.6. The number of sulfone groups is 1. The molecular weight excluding hydrogens is 474 g/mol. The van der Waals surface area contributed by atoms with Gasteiger partial charge >= 0.3 is 5.63 Å². The fourth-order valence-corrected chi connectivity index (χ4v) is 6.59. The van der Waals surface area contributed by atoms with Crippen molar-refractivity contribution in [3.63, 3.8) is 0 Å². The Labute approximate surface area is 203 Å². The smallest absolute Gasteiger partial charge is 0.336 e. The quantitative estimate of drug-likeness (QED) is 0.433. The molecule has 2 aromatic carbocycles. The lowest BCUT2D eigenvalue weighted by atomic mass is 9.98. The van der Waals surface area contributed by atoms with Crippen molar-refractivity contribution >= 4 is 20.8 Å². The summed E-state index contributed by atoms with van der Waals surface area (Å²) in [5, 5.41) is 9.63. The lowest BCUT2D eigenvalue weighted by Gasteiger charge is -2.22. The predicted molar refractivity (Wildman–Crippen MR) is 131 cm³/mol. The summed E-state index contributed by atoms with van der Waals surface area (Å²) in [5.74, 6) is -3.16. The zero-order chi connectivity index (χ0) is 25.2. The van der Waals surface area contributed by atoms with E-state index in [-0.39, 0.29) is 21.4 Å². The maximum absolute atomic E-state index is 14.5. The fourth-order valence-electron chi connectivity index (χ4n) is 4.77. The highest BCUT2D eigenvalue weighted by atomic mass is 32.2. The van der Waals surface area contributed by atoms with Crippen LogP contribution in [0.25, 0.3) is 11.0 Å². The number of aliphatic hydroxyl groups excluding tert-OH is 1. The minimum Gasteiger partial charge on any atom is -0.423 e. The molecule has 188 valence electrons. The van der Waals surface area contributed by atoms with Gasteiger partial charge in [-0.2, -0.15) is 0 Å². The topological polar surface area (TPSA) is 84.6 Å². The summed E-state index contributed by atoms with van der Waals surface area (Å²) in [6.07, 6.45) is 3.38. The number of halogens is 2. The standard InChI is InChI=1S/C27H30F2O5S/c1-2-27(28,29)24-17-26(31)34-25-14-9-19(16-23(24)25)15-18-7-11-22(12-8-18)35(32,33)21-6-4-3-5-20(30)10-13-21/h7-9,11-12,14,16-17,20-21,30H,2-6,10,13,15H2,1H3. The molecule has 0 spiro atoms. The highest BCUT2D eigenvalue weighted by Crippen LogP contribution is 2.36. The lowest BCUT2D eigenvalue weighted by molar-refractivity contribution is -0.00714. The Morgan fingerprint density at radius 3 is 2.37 bits per heavy atom. The van der Waals surface area contributed by atoms with Crippen LogP contribution in [0, 0.1) is 0 Å². The van der Waals surface area contributed by atoms with Gasteiger partial charge in [-0.3, -0.25) is 0 Å². The molecule has 0 bridgehead atoms. The number of alkyl halides is 2. The molecule has 2 atom stereocenters. The second kappa shape index (κ2) is 10.2. The van der Waals surface area contributed by atoms with E-state index in [0.717, 1.165) is 36.5 Å². The maximum Gasteiger partial charge on any atom is 0.336 e. The summed E-state index contributed by atoms with van der Waals surface area (Å²) < 4.78 is 60.4. The molecule has 4 rings (SSSR count). The molecule has 1 aliphatic carbocycles. The van der Waals surface area contributed by atoms with Crippen LogP contribution in [0.4, 0.5) is 8.78 Å². The molecule has 1 N–H and O–H groups in total. The number of benzene rings is 2. The van der Waals surface area contributed by atoms with Gasteiger partial charge in [-0.1, -0.05) is 38.0 Å². The third-order valence-corrected chi connectivity index (χ3v) is 9.16. The van der Waals surface area contributed by atoms with Crippen molar-refractivity contribution in [2.75, 3.05) is 0 Å². The van der Waals surface area contributed by atoms with E-state index in [4.69, 9.17) is 4.42 Å². The Morgan fingerprint density at radius 1 is 0.971 bits per heavy atom. The van der Waals surface area contributed by atoms with E-state index in [1.165, 1.54) is 13.0 Å². The SMILES string of the molecule is CCC(F)(F)c1cc(=O)oc2ccc(Cc3ccc(S(=O)(=O)C4CCCCC(O)CC4)cc3)cc12. The van der Waals surface area contributed by atoms with Crippen molar-refractivity contribution in [2.24, 2.45) is 0 Å². The monoisotopic (exact) mass is 504 g/mol. The van der Waals surface area contributed by atoms with Gasteiger partial charge < -0.3 is 9.52 Å². The first-order chi connectivity index (χ1) is 16.6. The Hall–Kier alpha value is -2.58. The van der Waals surface area contributed by atoms with Crippen LogP contribution in [0.1, 0.15) is 68.6 Å². The summed E-state index contributed by atoms with van der Waals surface area (Å²) in [6, 6.07) is 12.3. The second-order valence-electron chi connectivity index (χ2n) is 9.37. The first kappa shape index (κ1) is 25.5. The molecule has 1 heterocycles. The van der Waals surface area contributed by atoms with Crippen molar-refractivity contribution in [1.29, 1.82) is 0 Å². The van der Waals surface area contributed by atoms with Gasteiger partial charge in [-0.25, -0.2) is 22.0 Å². The van der Waals surface area contributed by atoms with Crippen molar-refractivity contribution in [3.8, 4) is 0 Å². The minimum absolute atomic E-state index is 0.107. The average Bonchev–Trinajstić information content (AvgIpc) is 2.81. The molecule has 2 unspecified atom stereocenters. The van der Waals surface area contributed by atoms with E-state index in [2.05, 4.69) is 0 Å². The van der Waals surface area contributed by atoms with Crippen LogP contribution >= 0.6 is 0 Å². The minimum atomic E-state index is -3.51. The lowest BCUT2D eigenvalue weighted by Crippen LogP contribution is -2.25. The number of hydrogen-bond donors (Lipinski definition) is 1. The van der Waals surface area contributed by atoms with Crippen molar-refractivity contribution in [2.45, 2.75) is 80.5 Å². The van der Waals surface area contributed by atoms with Gasteiger partial charge in [0.15, 0.2) is 9.84 Å². The van der Waals surface area contributed by atoms with Crippen LogP contribution in [0.15, 0.2) is 62.6 Å². The van der Waals surface area contributed by atoms with Crippen molar-refractivity contribution in [3.05, 3.63) is 75.6 Å². The number of rotatable bonds is 6. The molecule has 1 fully saturated rings. The van der Waals surface area contributed by atoms with Gasteiger partial charge in [0.2, 0.25) is 0 Å². The highest BCUT2D eigenvalue weighted by molar-refractivity contribution is 7.92. The molecule has 1 saturated carbocycles. The van der Waals surface area contributed by atoms with Gasteiger partial charge in [0.25, 0.3) is 5.92 Å². The third-order valence-electron chi connectivity index (χ3n) is 6.88. The van der Waals surface area contributed by atoms with Crippen LogP contribution < -0.4 is 5.63 Å². The van der Waals surface area contributed by atoms with E-state index >= 15 is 0 Å². The summed E-state index contributed by atoms with van der Waals surface area (Å²) >= 11 is 0. The molecule has 3 aromatic rings. The Balaban J connectivity index is 1.57. The molecule has 0 radical (unpaired) electrons. The predicted octanol–water partition coefficient (Wildman–Crippen LogP) is 5.74. The Morgan fingerprint density at radius 2 is 1.66 bits per heavy atom. The first-order valence-electron chi connectivity index (χ1n) is 12.1. The molecular formula is C27H30F2O5S. The van der Waals surface area contributed by atoms with E-state index < -0.39 is 39.2 Å². The number of hydrogen-bond acceptors (Lipinski definition) is 5. The van der Waals surface area contributed by atoms with Crippen LogP contribution in [-0.2, 0) is 22.2 Å². The summed E-state index contributed by atoms with van der Waals surface area (Å²) in [5.41, 5.74) is 0.514. The average molecular weight is 505 g/mol. The highest BCUT2D eigenvalue weighted by Gasteiger charge is 2.32. The summed E-state index contributed by atoms with van der Waals surface area (Å²) in [6.45, 7) is 1.36. The van der Waals surface area contributed by atoms with E-state index in [0.29, 0.717) is 25.7 Å².